The molecule has 9 heteroatoms. The van der Waals surface area contributed by atoms with Crippen LogP contribution in [-0.2, 0) is 6.42 Å². The van der Waals surface area contributed by atoms with Gasteiger partial charge in [-0.25, -0.2) is 9.50 Å². The van der Waals surface area contributed by atoms with E-state index in [2.05, 4.69) is 42.2 Å². The molecule has 0 spiro atoms. The van der Waals surface area contributed by atoms with Crippen molar-refractivity contribution in [3.63, 3.8) is 0 Å². The van der Waals surface area contributed by atoms with Crippen LogP contribution in [0.15, 0.2) is 53.3 Å². The van der Waals surface area contributed by atoms with Gasteiger partial charge in [0.2, 0.25) is 0 Å². The van der Waals surface area contributed by atoms with Gasteiger partial charge in [0.15, 0.2) is 0 Å². The van der Waals surface area contributed by atoms with Crippen LogP contribution in [-0.4, -0.2) is 41.3 Å². The molecule has 154 valence electrons. The molecule has 31 heavy (non-hydrogen) atoms. The van der Waals surface area contributed by atoms with Crippen LogP contribution in [0.25, 0.3) is 17.0 Å². The van der Waals surface area contributed by atoms with Crippen LogP contribution >= 0.6 is 0 Å². The SMILES string of the molecule is Cc1ncccc1-c1nnc(N2CCc3[nH]cnc3[C@@H]2c2cc3cccc(C)n3n2)o1. The first kappa shape index (κ1) is 17.8. The zero-order chi connectivity index (χ0) is 20.9. The molecule has 5 aromatic heterocycles. The quantitative estimate of drug-likeness (QED) is 0.485. The van der Waals surface area contributed by atoms with Crippen molar-refractivity contribution in [2.24, 2.45) is 0 Å². The Morgan fingerprint density at radius 3 is 2.90 bits per heavy atom. The zero-order valence-electron chi connectivity index (χ0n) is 17.1. The van der Waals surface area contributed by atoms with Crippen molar-refractivity contribution in [1.29, 1.82) is 0 Å². The summed E-state index contributed by atoms with van der Waals surface area (Å²) in [6.07, 6.45) is 4.30. The molecule has 0 saturated carbocycles. The number of H-pyrrole nitrogens is 1. The topological polar surface area (TPSA) is 101 Å². The number of aromatic nitrogens is 7. The first-order valence-electron chi connectivity index (χ1n) is 10.2. The summed E-state index contributed by atoms with van der Waals surface area (Å²) in [6, 6.07) is 12.3. The molecule has 0 radical (unpaired) electrons. The van der Waals surface area contributed by atoms with Crippen LogP contribution in [0.4, 0.5) is 6.01 Å². The number of hydrogen-bond donors (Lipinski definition) is 1. The largest absolute Gasteiger partial charge is 0.403 e. The molecule has 0 unspecified atom stereocenters. The van der Waals surface area contributed by atoms with Gasteiger partial charge in [0.25, 0.3) is 5.89 Å². The van der Waals surface area contributed by atoms with E-state index in [4.69, 9.17) is 9.52 Å². The summed E-state index contributed by atoms with van der Waals surface area (Å²) in [5.74, 6) is 0.457. The van der Waals surface area contributed by atoms with E-state index in [0.29, 0.717) is 18.5 Å². The lowest BCUT2D eigenvalue weighted by atomic mass is 10.0. The lowest BCUT2D eigenvalue weighted by Crippen LogP contribution is -2.37. The maximum absolute atomic E-state index is 6.12. The van der Waals surface area contributed by atoms with Gasteiger partial charge in [-0.2, -0.15) is 5.10 Å². The first-order chi connectivity index (χ1) is 15.2. The number of anilines is 1. The molecule has 0 bridgehead atoms. The van der Waals surface area contributed by atoms with Crippen LogP contribution in [0.3, 0.4) is 0 Å². The van der Waals surface area contributed by atoms with E-state index in [-0.39, 0.29) is 6.04 Å². The van der Waals surface area contributed by atoms with E-state index in [1.807, 2.05) is 42.6 Å². The lowest BCUT2D eigenvalue weighted by Gasteiger charge is -2.32. The number of nitrogens with one attached hydrogen (secondary N) is 1. The van der Waals surface area contributed by atoms with Crippen LogP contribution in [0.5, 0.6) is 0 Å². The number of fused-ring (bicyclic) bond motifs is 2. The van der Waals surface area contributed by atoms with Gasteiger partial charge in [-0.05, 0) is 44.2 Å². The number of rotatable bonds is 3. The normalized spacial score (nSPS) is 16.1. The molecule has 9 nitrogen and oxygen atoms in total. The minimum Gasteiger partial charge on any atom is -0.403 e. The summed E-state index contributed by atoms with van der Waals surface area (Å²) in [4.78, 5) is 14.3. The Hall–Kier alpha value is -4.01. The molecule has 6 heterocycles. The van der Waals surface area contributed by atoms with Gasteiger partial charge in [0.1, 0.15) is 6.04 Å². The van der Waals surface area contributed by atoms with Gasteiger partial charge in [0, 0.05) is 36.2 Å². The smallest absolute Gasteiger partial charge is 0.319 e. The summed E-state index contributed by atoms with van der Waals surface area (Å²) < 4.78 is 8.07. The zero-order valence-corrected chi connectivity index (χ0v) is 17.1. The third kappa shape index (κ3) is 2.81. The van der Waals surface area contributed by atoms with E-state index >= 15 is 0 Å². The van der Waals surface area contributed by atoms with Crippen molar-refractivity contribution >= 4 is 11.5 Å². The summed E-state index contributed by atoms with van der Waals surface area (Å²) >= 11 is 0. The van der Waals surface area contributed by atoms with E-state index in [9.17, 15) is 0 Å². The standard InChI is InChI=1S/C22H20N8O/c1-13-5-3-6-15-11-18(28-30(13)15)20-19-17(24-12-25-19)8-10-29(20)22-27-26-21(31-22)16-7-4-9-23-14(16)2/h3-7,9,11-12,20H,8,10H2,1-2H3,(H,24,25)/t20-/m0/s1. The number of imidazole rings is 1. The van der Waals surface area contributed by atoms with Gasteiger partial charge in [-0.1, -0.05) is 11.2 Å². The second-order valence-electron chi connectivity index (χ2n) is 7.71. The monoisotopic (exact) mass is 412 g/mol. The van der Waals surface area contributed by atoms with E-state index < -0.39 is 0 Å². The van der Waals surface area contributed by atoms with Gasteiger partial charge < -0.3 is 14.3 Å². The van der Waals surface area contributed by atoms with Crippen molar-refractivity contribution in [3.05, 3.63) is 77.4 Å². The third-order valence-corrected chi connectivity index (χ3v) is 5.80. The van der Waals surface area contributed by atoms with Crippen LogP contribution in [0, 0.1) is 13.8 Å². The summed E-state index contributed by atoms with van der Waals surface area (Å²) in [5, 5.41) is 13.6. The fourth-order valence-corrected chi connectivity index (χ4v) is 4.24. The van der Waals surface area contributed by atoms with Crippen molar-refractivity contribution in [1.82, 2.24) is 34.8 Å². The molecule has 1 atom stereocenters. The van der Waals surface area contributed by atoms with E-state index in [1.54, 1.807) is 12.5 Å². The molecule has 0 amide bonds. The molecule has 0 fully saturated rings. The number of nitrogens with zero attached hydrogens (tertiary/aromatic N) is 7. The second-order valence-corrected chi connectivity index (χ2v) is 7.71. The Morgan fingerprint density at radius 2 is 2.03 bits per heavy atom. The van der Waals surface area contributed by atoms with Crippen molar-refractivity contribution in [2.75, 3.05) is 11.4 Å². The van der Waals surface area contributed by atoms with Crippen molar-refractivity contribution in [3.8, 4) is 11.5 Å². The second kappa shape index (κ2) is 6.76. The predicted molar refractivity (Wildman–Crippen MR) is 114 cm³/mol. The lowest BCUT2D eigenvalue weighted by molar-refractivity contribution is 0.503. The number of pyridine rings is 2. The maximum atomic E-state index is 6.12. The highest BCUT2D eigenvalue weighted by atomic mass is 16.4. The molecule has 0 aromatic carbocycles. The molecule has 1 N–H and O–H groups in total. The average Bonchev–Trinajstić information content (AvgIpc) is 3.52. The first-order valence-corrected chi connectivity index (χ1v) is 10.2. The minimum absolute atomic E-state index is 0.224. The Kier molecular flexibility index (Phi) is 3.89. The maximum Gasteiger partial charge on any atom is 0.319 e. The van der Waals surface area contributed by atoms with Crippen molar-refractivity contribution < 1.29 is 4.42 Å². The van der Waals surface area contributed by atoms with Gasteiger partial charge in [-0.15, -0.1) is 5.10 Å². The Labute approximate surface area is 177 Å². The molecule has 1 aliphatic rings. The minimum atomic E-state index is -0.224. The van der Waals surface area contributed by atoms with Crippen LogP contribution < -0.4 is 4.90 Å². The molecular formula is C22H20N8O. The highest BCUT2D eigenvalue weighted by Gasteiger charge is 2.36. The Balaban J connectivity index is 1.46. The van der Waals surface area contributed by atoms with Gasteiger partial charge in [-0.3, -0.25) is 4.98 Å². The van der Waals surface area contributed by atoms with Crippen LogP contribution in [0.2, 0.25) is 0 Å². The Bertz CT molecular complexity index is 1400. The van der Waals surface area contributed by atoms with E-state index in [1.165, 1.54) is 0 Å². The summed E-state index contributed by atoms with van der Waals surface area (Å²) in [7, 11) is 0. The molecule has 0 saturated heterocycles. The number of hydrogen-bond acceptors (Lipinski definition) is 7. The van der Waals surface area contributed by atoms with Gasteiger partial charge >= 0.3 is 6.01 Å². The molecular weight excluding hydrogens is 392 g/mol. The van der Waals surface area contributed by atoms with Gasteiger partial charge in [0.05, 0.1) is 28.8 Å². The van der Waals surface area contributed by atoms with Crippen LogP contribution in [0.1, 0.15) is 34.5 Å². The Morgan fingerprint density at radius 1 is 1.10 bits per heavy atom. The highest BCUT2D eigenvalue weighted by Crippen LogP contribution is 2.37. The summed E-state index contributed by atoms with van der Waals surface area (Å²) in [6.45, 7) is 4.68. The number of aryl methyl sites for hydroxylation is 2. The number of aromatic amines is 1. The molecule has 0 aliphatic carbocycles. The fraction of sp³-hybridized carbons (Fsp3) is 0.227. The fourth-order valence-electron chi connectivity index (χ4n) is 4.24. The summed E-state index contributed by atoms with van der Waals surface area (Å²) in [5.41, 5.74) is 6.72. The molecule has 6 rings (SSSR count). The molecule has 1 aliphatic heterocycles. The van der Waals surface area contributed by atoms with Crippen molar-refractivity contribution in [2.45, 2.75) is 26.3 Å². The van der Waals surface area contributed by atoms with E-state index in [0.717, 1.165) is 46.0 Å². The predicted octanol–water partition coefficient (Wildman–Crippen LogP) is 3.27. The third-order valence-electron chi connectivity index (χ3n) is 5.80. The molecule has 5 aromatic rings. The average molecular weight is 412 g/mol. The highest BCUT2D eigenvalue weighted by molar-refractivity contribution is 5.57.